The minimum atomic E-state index is -0.538. The highest BCUT2D eigenvalue weighted by Crippen LogP contribution is 2.17. The van der Waals surface area contributed by atoms with Gasteiger partial charge < -0.3 is 10.4 Å². The molecule has 1 aromatic carbocycles. The van der Waals surface area contributed by atoms with Gasteiger partial charge in [0, 0.05) is 6.54 Å². The van der Waals surface area contributed by atoms with Gasteiger partial charge in [-0.15, -0.1) is 0 Å². The number of phenolic OH excluding ortho intramolecular Hbond substituents is 1. The molecule has 0 saturated heterocycles. The maximum absolute atomic E-state index is 12.7. The normalized spacial score (nSPS) is 9.86. The fourth-order valence-electron chi connectivity index (χ4n) is 1.02. The number of hydrogen-bond acceptors (Lipinski definition) is 2. The Labute approximate surface area is 81.6 Å². The lowest BCUT2D eigenvalue weighted by Crippen LogP contribution is -2.24. The highest BCUT2D eigenvalue weighted by atomic mass is 19.1. The molecule has 0 heterocycles. The van der Waals surface area contributed by atoms with Crippen molar-refractivity contribution < 1.29 is 14.3 Å². The van der Waals surface area contributed by atoms with Crippen molar-refractivity contribution in [1.29, 1.82) is 0 Å². The molecule has 0 saturated carbocycles. The number of halogens is 1. The van der Waals surface area contributed by atoms with Crippen LogP contribution in [0.15, 0.2) is 18.2 Å². The number of phenols is 1. The van der Waals surface area contributed by atoms with Crippen molar-refractivity contribution in [3.05, 3.63) is 29.6 Å². The summed E-state index contributed by atoms with van der Waals surface area (Å²) >= 11 is 0. The molecule has 0 aliphatic carbocycles. The minimum Gasteiger partial charge on any atom is -0.507 e. The molecule has 1 rings (SSSR count). The Morgan fingerprint density at radius 1 is 1.57 bits per heavy atom. The smallest absolute Gasteiger partial charge is 0.255 e. The summed E-state index contributed by atoms with van der Waals surface area (Å²) < 4.78 is 12.7. The van der Waals surface area contributed by atoms with E-state index in [-0.39, 0.29) is 11.3 Å². The van der Waals surface area contributed by atoms with Crippen molar-refractivity contribution in [2.24, 2.45) is 0 Å². The summed E-state index contributed by atoms with van der Waals surface area (Å²) in [5, 5.41) is 11.8. The molecule has 3 nitrogen and oxygen atoms in total. The van der Waals surface area contributed by atoms with E-state index >= 15 is 0 Å². The van der Waals surface area contributed by atoms with Crippen LogP contribution in [0.25, 0.3) is 0 Å². The number of hydrogen-bond donors (Lipinski definition) is 2. The fourth-order valence-corrected chi connectivity index (χ4v) is 1.02. The number of carbonyl (C=O) groups is 1. The quantitative estimate of drug-likeness (QED) is 0.774. The van der Waals surface area contributed by atoms with E-state index < -0.39 is 11.7 Å². The van der Waals surface area contributed by atoms with Crippen LogP contribution >= 0.6 is 0 Å². The largest absolute Gasteiger partial charge is 0.507 e. The average Bonchev–Trinajstić information content (AvgIpc) is 2.18. The third-order valence-electron chi connectivity index (χ3n) is 1.74. The first-order chi connectivity index (χ1) is 6.65. The molecule has 14 heavy (non-hydrogen) atoms. The van der Waals surface area contributed by atoms with Crippen LogP contribution < -0.4 is 5.32 Å². The molecule has 1 aromatic rings. The van der Waals surface area contributed by atoms with Crippen molar-refractivity contribution in [2.45, 2.75) is 13.3 Å². The van der Waals surface area contributed by atoms with Gasteiger partial charge in [-0.25, -0.2) is 4.39 Å². The molecule has 0 atom stereocenters. The molecule has 0 aliphatic heterocycles. The molecule has 0 bridgehead atoms. The van der Waals surface area contributed by atoms with Gasteiger partial charge in [0.15, 0.2) is 0 Å². The summed E-state index contributed by atoms with van der Waals surface area (Å²) in [5.41, 5.74) is -0.0292. The van der Waals surface area contributed by atoms with Gasteiger partial charge in [0.05, 0.1) is 5.56 Å². The van der Waals surface area contributed by atoms with E-state index in [1.807, 2.05) is 6.92 Å². The minimum absolute atomic E-state index is 0.0292. The van der Waals surface area contributed by atoms with Gasteiger partial charge >= 0.3 is 0 Å². The summed E-state index contributed by atoms with van der Waals surface area (Å²) in [5.74, 6) is -1.20. The fraction of sp³-hybridized carbons (Fsp3) is 0.300. The molecule has 1 amide bonds. The van der Waals surface area contributed by atoms with Crippen LogP contribution in [0.2, 0.25) is 0 Å². The first-order valence-electron chi connectivity index (χ1n) is 4.42. The molecule has 0 unspecified atom stereocenters. The van der Waals surface area contributed by atoms with Gasteiger partial charge in [-0.1, -0.05) is 6.92 Å². The van der Waals surface area contributed by atoms with Crippen LogP contribution in [0.4, 0.5) is 4.39 Å². The highest BCUT2D eigenvalue weighted by molar-refractivity contribution is 5.96. The molecule has 0 radical (unpaired) electrons. The van der Waals surface area contributed by atoms with Crippen molar-refractivity contribution in [1.82, 2.24) is 5.32 Å². The molecule has 4 heteroatoms. The Kier molecular flexibility index (Phi) is 3.45. The highest BCUT2D eigenvalue weighted by Gasteiger charge is 2.10. The zero-order valence-corrected chi connectivity index (χ0v) is 7.88. The van der Waals surface area contributed by atoms with Crippen LogP contribution in [0.5, 0.6) is 5.75 Å². The molecule has 0 aliphatic rings. The zero-order valence-electron chi connectivity index (χ0n) is 7.88. The van der Waals surface area contributed by atoms with E-state index in [0.29, 0.717) is 6.54 Å². The van der Waals surface area contributed by atoms with Crippen LogP contribution in [0, 0.1) is 5.82 Å². The van der Waals surface area contributed by atoms with Crippen molar-refractivity contribution in [2.75, 3.05) is 6.54 Å². The van der Waals surface area contributed by atoms with Gasteiger partial charge in [0.2, 0.25) is 0 Å². The second kappa shape index (κ2) is 4.60. The van der Waals surface area contributed by atoms with E-state index in [0.717, 1.165) is 24.6 Å². The third kappa shape index (κ3) is 2.45. The summed E-state index contributed by atoms with van der Waals surface area (Å²) in [6, 6.07) is 3.28. The number of amides is 1. The lowest BCUT2D eigenvalue weighted by molar-refractivity contribution is 0.0950. The number of carbonyl (C=O) groups excluding carboxylic acids is 1. The monoisotopic (exact) mass is 197 g/mol. The second-order valence-electron chi connectivity index (χ2n) is 2.92. The third-order valence-corrected chi connectivity index (χ3v) is 1.74. The van der Waals surface area contributed by atoms with E-state index in [9.17, 15) is 14.3 Å². The molecule has 2 N–H and O–H groups in total. The van der Waals surface area contributed by atoms with Gasteiger partial charge in [0.1, 0.15) is 11.6 Å². The average molecular weight is 197 g/mol. The first kappa shape index (κ1) is 10.5. The molecule has 0 aromatic heterocycles. The summed E-state index contributed by atoms with van der Waals surface area (Å²) in [6.45, 7) is 2.42. The summed E-state index contributed by atoms with van der Waals surface area (Å²) in [4.78, 5) is 11.3. The SMILES string of the molecule is CCCNC(=O)c1cc(F)ccc1O. The second-order valence-corrected chi connectivity index (χ2v) is 2.92. The summed E-state index contributed by atoms with van der Waals surface area (Å²) in [6.07, 6.45) is 0.793. The topological polar surface area (TPSA) is 49.3 Å². The molecule has 0 spiro atoms. The lowest BCUT2D eigenvalue weighted by Gasteiger charge is -2.05. The van der Waals surface area contributed by atoms with Crippen LogP contribution in [-0.2, 0) is 0 Å². The number of nitrogens with one attached hydrogen (secondary N) is 1. The van der Waals surface area contributed by atoms with Gasteiger partial charge in [-0.2, -0.15) is 0 Å². The van der Waals surface area contributed by atoms with Crippen LogP contribution in [-0.4, -0.2) is 17.6 Å². The maximum atomic E-state index is 12.7. The number of benzene rings is 1. The Balaban J connectivity index is 2.83. The van der Waals surface area contributed by atoms with Gasteiger partial charge in [-0.3, -0.25) is 4.79 Å². The van der Waals surface area contributed by atoms with Crippen LogP contribution in [0.1, 0.15) is 23.7 Å². The number of aromatic hydroxyl groups is 1. The molecule has 0 fully saturated rings. The number of rotatable bonds is 3. The van der Waals surface area contributed by atoms with E-state index in [1.54, 1.807) is 0 Å². The van der Waals surface area contributed by atoms with Gasteiger partial charge in [-0.05, 0) is 24.6 Å². The first-order valence-corrected chi connectivity index (χ1v) is 4.42. The van der Waals surface area contributed by atoms with E-state index in [4.69, 9.17) is 0 Å². The molecular weight excluding hydrogens is 185 g/mol. The van der Waals surface area contributed by atoms with Crippen molar-refractivity contribution in [3.63, 3.8) is 0 Å². The molecular formula is C10H12FNO2. The van der Waals surface area contributed by atoms with Crippen molar-refractivity contribution >= 4 is 5.91 Å². The predicted molar refractivity (Wildman–Crippen MR) is 50.7 cm³/mol. The zero-order chi connectivity index (χ0) is 10.6. The van der Waals surface area contributed by atoms with Crippen molar-refractivity contribution in [3.8, 4) is 5.75 Å². The molecule has 76 valence electrons. The summed E-state index contributed by atoms with van der Waals surface area (Å²) in [7, 11) is 0. The Morgan fingerprint density at radius 2 is 2.29 bits per heavy atom. The maximum Gasteiger partial charge on any atom is 0.255 e. The van der Waals surface area contributed by atoms with E-state index in [1.165, 1.54) is 0 Å². The Morgan fingerprint density at radius 3 is 2.93 bits per heavy atom. The Hall–Kier alpha value is -1.58. The lowest BCUT2D eigenvalue weighted by atomic mass is 10.2. The van der Waals surface area contributed by atoms with Crippen LogP contribution in [0.3, 0.4) is 0 Å². The van der Waals surface area contributed by atoms with Gasteiger partial charge in [0.25, 0.3) is 5.91 Å². The standard InChI is InChI=1S/C10H12FNO2/c1-2-5-12-10(14)8-6-7(11)3-4-9(8)13/h3-4,6,13H,2,5H2,1H3,(H,12,14). The Bertz CT molecular complexity index is 339. The van der Waals surface area contributed by atoms with E-state index in [2.05, 4.69) is 5.32 Å². The predicted octanol–water partition coefficient (Wildman–Crippen LogP) is 1.67.